The lowest BCUT2D eigenvalue weighted by atomic mass is 9.85. The minimum Gasteiger partial charge on any atom is -0.333 e. The van der Waals surface area contributed by atoms with E-state index in [0.29, 0.717) is 0 Å². The van der Waals surface area contributed by atoms with Crippen molar-refractivity contribution in [2.45, 2.75) is 39.3 Å². The van der Waals surface area contributed by atoms with Crippen molar-refractivity contribution in [1.82, 2.24) is 4.90 Å². The van der Waals surface area contributed by atoms with E-state index in [2.05, 4.69) is 32.9 Å². The molecule has 1 aliphatic rings. The Morgan fingerprint density at radius 3 is 1.96 bits per heavy atom. The van der Waals surface area contributed by atoms with Gasteiger partial charge in [0.2, 0.25) is 0 Å². The molecule has 1 amide bonds. The fraction of sp³-hybridized carbons (Fsp3) is 0.286. The molecule has 0 bridgehead atoms. The summed E-state index contributed by atoms with van der Waals surface area (Å²) in [6.07, 6.45) is 0.887. The molecule has 0 saturated carbocycles. The highest BCUT2D eigenvalue weighted by Crippen LogP contribution is 2.37. The second-order valence-electron chi connectivity index (χ2n) is 6.44. The molecule has 118 valence electrons. The average Bonchev–Trinajstić information content (AvgIpc) is 2.55. The lowest BCUT2D eigenvalue weighted by Gasteiger charge is -2.39. The molecule has 2 heteroatoms. The van der Waals surface area contributed by atoms with Crippen LogP contribution in [0.15, 0.2) is 60.7 Å². The van der Waals surface area contributed by atoms with Crippen molar-refractivity contribution in [3.8, 4) is 0 Å². The maximum atomic E-state index is 13.2. The molecule has 1 aliphatic heterocycles. The van der Waals surface area contributed by atoms with Gasteiger partial charge >= 0.3 is 0 Å². The number of hydrogen-bond acceptors (Lipinski definition) is 1. The van der Waals surface area contributed by atoms with Crippen LogP contribution in [0.3, 0.4) is 0 Å². The second kappa shape index (κ2) is 6.41. The van der Waals surface area contributed by atoms with Crippen molar-refractivity contribution in [3.05, 3.63) is 71.8 Å². The predicted octanol–water partition coefficient (Wildman–Crippen LogP) is 4.63. The molecular formula is C21H23NO. The molecular weight excluding hydrogens is 282 g/mol. The van der Waals surface area contributed by atoms with Gasteiger partial charge in [-0.05, 0) is 43.9 Å². The number of amides is 1. The summed E-state index contributed by atoms with van der Waals surface area (Å²) in [5.41, 5.74) is 4.17. The third kappa shape index (κ3) is 2.94. The molecule has 0 fully saturated rings. The minimum absolute atomic E-state index is 0.142. The topological polar surface area (TPSA) is 20.3 Å². The molecule has 0 unspecified atom stereocenters. The molecule has 1 atom stereocenters. The number of benzene rings is 2. The largest absolute Gasteiger partial charge is 0.333 e. The summed E-state index contributed by atoms with van der Waals surface area (Å²) in [4.78, 5) is 15.2. The van der Waals surface area contributed by atoms with E-state index in [1.54, 1.807) is 0 Å². The Morgan fingerprint density at radius 1 is 0.913 bits per heavy atom. The van der Waals surface area contributed by atoms with Crippen LogP contribution in [-0.4, -0.2) is 22.9 Å². The monoisotopic (exact) mass is 305 g/mol. The van der Waals surface area contributed by atoms with Gasteiger partial charge in [0.05, 0.1) is 5.57 Å². The summed E-state index contributed by atoms with van der Waals surface area (Å²) in [6.45, 7) is 6.32. The predicted molar refractivity (Wildman–Crippen MR) is 95.8 cm³/mol. The molecule has 0 N–H and O–H groups in total. The normalized spacial score (nSPS) is 18.7. The van der Waals surface area contributed by atoms with Crippen LogP contribution in [0.4, 0.5) is 0 Å². The Balaban J connectivity index is 2.20. The molecule has 2 aromatic carbocycles. The first kappa shape index (κ1) is 15.5. The van der Waals surface area contributed by atoms with Gasteiger partial charge < -0.3 is 4.90 Å². The Kier molecular flexibility index (Phi) is 4.33. The van der Waals surface area contributed by atoms with Crippen LogP contribution in [0, 0.1) is 0 Å². The minimum atomic E-state index is 0.142. The molecule has 0 aromatic heterocycles. The smallest absolute Gasteiger partial charge is 0.255 e. The summed E-state index contributed by atoms with van der Waals surface area (Å²) < 4.78 is 0. The Labute approximate surface area is 138 Å². The third-order valence-electron chi connectivity index (χ3n) is 4.47. The van der Waals surface area contributed by atoms with Crippen LogP contribution in [0.25, 0.3) is 11.1 Å². The highest BCUT2D eigenvalue weighted by Gasteiger charge is 2.34. The van der Waals surface area contributed by atoms with Crippen LogP contribution in [0.1, 0.15) is 38.3 Å². The fourth-order valence-electron chi connectivity index (χ4n) is 3.50. The Hall–Kier alpha value is -2.35. The van der Waals surface area contributed by atoms with E-state index in [0.717, 1.165) is 28.7 Å². The summed E-state index contributed by atoms with van der Waals surface area (Å²) in [6, 6.07) is 20.7. The van der Waals surface area contributed by atoms with Gasteiger partial charge in [-0.2, -0.15) is 0 Å². The summed E-state index contributed by atoms with van der Waals surface area (Å²) in [5, 5.41) is 0. The first-order valence-corrected chi connectivity index (χ1v) is 8.26. The van der Waals surface area contributed by atoms with Gasteiger partial charge in [-0.1, -0.05) is 60.7 Å². The SMILES string of the molecule is CC(C)N1C(=O)C(c2ccccc2)=C(c2ccccc2)C[C@H]1C. The van der Waals surface area contributed by atoms with Crippen molar-refractivity contribution in [3.63, 3.8) is 0 Å². The van der Waals surface area contributed by atoms with Crippen molar-refractivity contribution < 1.29 is 4.79 Å². The van der Waals surface area contributed by atoms with E-state index < -0.39 is 0 Å². The van der Waals surface area contributed by atoms with E-state index in [1.165, 1.54) is 0 Å². The molecule has 2 nitrogen and oxygen atoms in total. The van der Waals surface area contributed by atoms with E-state index in [-0.39, 0.29) is 18.0 Å². The van der Waals surface area contributed by atoms with Gasteiger partial charge in [0.1, 0.15) is 0 Å². The van der Waals surface area contributed by atoms with Gasteiger partial charge in [0.15, 0.2) is 0 Å². The van der Waals surface area contributed by atoms with E-state index in [4.69, 9.17) is 0 Å². The highest BCUT2D eigenvalue weighted by molar-refractivity contribution is 6.28. The van der Waals surface area contributed by atoms with E-state index >= 15 is 0 Å². The van der Waals surface area contributed by atoms with Crippen molar-refractivity contribution >= 4 is 17.1 Å². The zero-order valence-corrected chi connectivity index (χ0v) is 14.0. The average molecular weight is 305 g/mol. The number of hydrogen-bond donors (Lipinski definition) is 0. The fourth-order valence-corrected chi connectivity index (χ4v) is 3.50. The van der Waals surface area contributed by atoms with Gasteiger partial charge in [-0.3, -0.25) is 4.79 Å². The van der Waals surface area contributed by atoms with Crippen LogP contribution < -0.4 is 0 Å². The number of carbonyl (C=O) groups excluding carboxylic acids is 1. The van der Waals surface area contributed by atoms with Crippen LogP contribution >= 0.6 is 0 Å². The maximum Gasteiger partial charge on any atom is 0.255 e. The number of carbonyl (C=O) groups is 1. The Bertz CT molecular complexity index is 716. The first-order valence-electron chi connectivity index (χ1n) is 8.26. The molecule has 2 aromatic rings. The van der Waals surface area contributed by atoms with Crippen LogP contribution in [0.5, 0.6) is 0 Å². The highest BCUT2D eigenvalue weighted by atomic mass is 16.2. The van der Waals surface area contributed by atoms with Crippen LogP contribution in [0.2, 0.25) is 0 Å². The summed E-state index contributed by atoms with van der Waals surface area (Å²) in [5.74, 6) is 0.142. The first-order chi connectivity index (χ1) is 11.1. The Morgan fingerprint density at radius 2 is 1.43 bits per heavy atom. The molecule has 0 saturated heterocycles. The molecule has 0 aliphatic carbocycles. The molecule has 0 spiro atoms. The number of rotatable bonds is 3. The second-order valence-corrected chi connectivity index (χ2v) is 6.44. The molecule has 0 radical (unpaired) electrons. The zero-order valence-electron chi connectivity index (χ0n) is 14.0. The van der Waals surface area contributed by atoms with Crippen LogP contribution in [-0.2, 0) is 4.79 Å². The van der Waals surface area contributed by atoms with Crippen molar-refractivity contribution in [2.24, 2.45) is 0 Å². The maximum absolute atomic E-state index is 13.2. The molecule has 1 heterocycles. The van der Waals surface area contributed by atoms with Crippen molar-refractivity contribution in [1.29, 1.82) is 0 Å². The summed E-state index contributed by atoms with van der Waals surface area (Å²) >= 11 is 0. The van der Waals surface area contributed by atoms with Gasteiger partial charge in [-0.15, -0.1) is 0 Å². The van der Waals surface area contributed by atoms with Gasteiger partial charge in [0, 0.05) is 12.1 Å². The van der Waals surface area contributed by atoms with Gasteiger partial charge in [-0.25, -0.2) is 0 Å². The summed E-state index contributed by atoms with van der Waals surface area (Å²) in [7, 11) is 0. The van der Waals surface area contributed by atoms with Crippen molar-refractivity contribution in [2.75, 3.05) is 0 Å². The lowest BCUT2D eigenvalue weighted by molar-refractivity contribution is -0.129. The molecule has 23 heavy (non-hydrogen) atoms. The lowest BCUT2D eigenvalue weighted by Crippen LogP contribution is -2.46. The number of nitrogens with zero attached hydrogens (tertiary/aromatic N) is 1. The third-order valence-corrected chi connectivity index (χ3v) is 4.47. The standard InChI is InChI=1S/C21H23NO/c1-15(2)22-16(3)14-19(17-10-6-4-7-11-17)20(21(22)23)18-12-8-5-9-13-18/h4-13,15-16H,14H2,1-3H3/t16-/m1/s1. The van der Waals surface area contributed by atoms with E-state index in [1.807, 2.05) is 53.4 Å². The van der Waals surface area contributed by atoms with Gasteiger partial charge in [0.25, 0.3) is 5.91 Å². The quantitative estimate of drug-likeness (QED) is 0.810. The zero-order chi connectivity index (χ0) is 16.4. The molecule has 3 rings (SSSR count). The van der Waals surface area contributed by atoms with E-state index in [9.17, 15) is 4.79 Å².